The van der Waals surface area contributed by atoms with Gasteiger partial charge in [-0.25, -0.2) is 22.8 Å². The monoisotopic (exact) mass is 387 g/mol. The van der Waals surface area contributed by atoms with Crippen molar-refractivity contribution in [1.29, 1.82) is 0 Å². The van der Waals surface area contributed by atoms with Crippen molar-refractivity contribution in [2.75, 3.05) is 5.32 Å². The van der Waals surface area contributed by atoms with Crippen LogP contribution in [0.2, 0.25) is 0 Å². The largest absolute Gasteiger partial charge is 0.305 e. The van der Waals surface area contributed by atoms with Crippen LogP contribution < -0.4 is 5.32 Å². The van der Waals surface area contributed by atoms with E-state index in [2.05, 4.69) is 25.5 Å². The number of fused-ring (bicyclic) bond motifs is 1. The number of amides is 1. The lowest BCUT2D eigenvalue weighted by Crippen LogP contribution is -2.20. The first-order chi connectivity index (χ1) is 13.5. The molecule has 1 N–H and O–H groups in total. The Labute approximate surface area is 155 Å². The quantitative estimate of drug-likeness (QED) is 0.569. The highest BCUT2D eigenvalue weighted by Crippen LogP contribution is 2.20. The Kier molecular flexibility index (Phi) is 4.47. The second-order valence-electron chi connectivity index (χ2n) is 5.75. The van der Waals surface area contributed by atoms with Crippen LogP contribution in [0.5, 0.6) is 0 Å². The number of alkyl halides is 2. The Hall–Kier alpha value is -3.76. The second-order valence-corrected chi connectivity index (χ2v) is 5.75. The van der Waals surface area contributed by atoms with E-state index in [0.717, 1.165) is 4.68 Å². The van der Waals surface area contributed by atoms with Crippen molar-refractivity contribution >= 4 is 17.5 Å². The van der Waals surface area contributed by atoms with E-state index in [4.69, 9.17) is 0 Å². The van der Waals surface area contributed by atoms with Crippen molar-refractivity contribution in [3.8, 4) is 11.3 Å². The number of halogens is 3. The fourth-order valence-corrected chi connectivity index (χ4v) is 2.64. The number of anilines is 1. The molecule has 0 aliphatic carbocycles. The van der Waals surface area contributed by atoms with Gasteiger partial charge in [0.15, 0.2) is 0 Å². The number of rotatable bonds is 5. The standard InChI is InChI=1S/C17H12F3N7O/c18-11-3-1-10(2-4-11)12-7-13(27-17(24-12)21-9-23-27)16(28)25-15-5-6-22-26(15)8-14(19)20/h1-7,9,14H,8H2,(H,25,28). The SMILES string of the molecule is O=C(Nc1ccnn1CC(F)F)c1cc(-c2ccc(F)cc2)nc2ncnn12. The van der Waals surface area contributed by atoms with Gasteiger partial charge in [-0.1, -0.05) is 0 Å². The molecule has 0 saturated heterocycles. The van der Waals surface area contributed by atoms with Crippen LogP contribution in [-0.4, -0.2) is 41.7 Å². The van der Waals surface area contributed by atoms with Crippen LogP contribution in [0.25, 0.3) is 17.0 Å². The molecule has 0 saturated carbocycles. The summed E-state index contributed by atoms with van der Waals surface area (Å²) in [5, 5.41) is 10.3. The van der Waals surface area contributed by atoms with E-state index in [1.165, 1.54) is 53.4 Å². The van der Waals surface area contributed by atoms with E-state index in [9.17, 15) is 18.0 Å². The fraction of sp³-hybridized carbons (Fsp3) is 0.118. The third-order valence-electron chi connectivity index (χ3n) is 3.89. The van der Waals surface area contributed by atoms with Gasteiger partial charge in [0.2, 0.25) is 0 Å². The van der Waals surface area contributed by atoms with E-state index in [-0.39, 0.29) is 17.3 Å². The fourth-order valence-electron chi connectivity index (χ4n) is 2.64. The molecule has 0 atom stereocenters. The molecule has 3 aromatic heterocycles. The molecule has 3 heterocycles. The number of carbonyl (C=O) groups excluding carboxylic acids is 1. The van der Waals surface area contributed by atoms with Crippen LogP contribution in [0.1, 0.15) is 10.5 Å². The summed E-state index contributed by atoms with van der Waals surface area (Å²) in [6, 6.07) is 8.44. The topological polar surface area (TPSA) is 90.0 Å². The molecular formula is C17H12F3N7O. The minimum atomic E-state index is -2.62. The number of carbonyl (C=O) groups is 1. The van der Waals surface area contributed by atoms with Crippen molar-refractivity contribution in [2.45, 2.75) is 13.0 Å². The molecule has 28 heavy (non-hydrogen) atoms. The summed E-state index contributed by atoms with van der Waals surface area (Å²) in [6.07, 6.45) is -0.0858. The predicted molar refractivity (Wildman–Crippen MR) is 92.4 cm³/mol. The molecule has 0 unspecified atom stereocenters. The van der Waals surface area contributed by atoms with Crippen LogP contribution in [0.15, 0.2) is 48.9 Å². The predicted octanol–water partition coefficient (Wildman–Crippen LogP) is 2.64. The summed E-state index contributed by atoms with van der Waals surface area (Å²) in [5.74, 6) is -0.749. The molecule has 0 aliphatic heterocycles. The Balaban J connectivity index is 1.71. The van der Waals surface area contributed by atoms with E-state index in [1.807, 2.05) is 0 Å². The summed E-state index contributed by atoms with van der Waals surface area (Å²) >= 11 is 0. The Morgan fingerprint density at radius 2 is 1.93 bits per heavy atom. The minimum Gasteiger partial charge on any atom is -0.305 e. The van der Waals surface area contributed by atoms with E-state index >= 15 is 0 Å². The molecule has 4 rings (SSSR count). The van der Waals surface area contributed by atoms with E-state index < -0.39 is 24.7 Å². The number of hydrogen-bond acceptors (Lipinski definition) is 5. The number of aromatic nitrogens is 6. The normalized spacial score (nSPS) is 11.3. The Bertz CT molecular complexity index is 1140. The highest BCUT2D eigenvalue weighted by molar-refractivity contribution is 6.03. The van der Waals surface area contributed by atoms with Gasteiger partial charge < -0.3 is 5.32 Å². The summed E-state index contributed by atoms with van der Waals surface area (Å²) in [6.45, 7) is -0.654. The first kappa shape index (κ1) is 17.6. The van der Waals surface area contributed by atoms with Crippen molar-refractivity contribution in [3.63, 3.8) is 0 Å². The second kappa shape index (κ2) is 7.10. The van der Waals surface area contributed by atoms with Gasteiger partial charge in [-0.2, -0.15) is 19.7 Å². The third kappa shape index (κ3) is 3.41. The van der Waals surface area contributed by atoms with E-state index in [0.29, 0.717) is 11.3 Å². The van der Waals surface area contributed by atoms with Gasteiger partial charge in [-0.15, -0.1) is 0 Å². The van der Waals surface area contributed by atoms with Crippen LogP contribution in [0.3, 0.4) is 0 Å². The smallest absolute Gasteiger partial charge is 0.275 e. The average Bonchev–Trinajstić information content (AvgIpc) is 3.30. The van der Waals surface area contributed by atoms with Crippen LogP contribution in [0.4, 0.5) is 19.0 Å². The summed E-state index contributed by atoms with van der Waals surface area (Å²) in [4.78, 5) is 21.1. The van der Waals surface area contributed by atoms with Crippen molar-refractivity contribution in [3.05, 3.63) is 60.4 Å². The molecule has 1 aromatic carbocycles. The zero-order valence-electron chi connectivity index (χ0n) is 14.1. The molecule has 1 amide bonds. The van der Waals surface area contributed by atoms with Gasteiger partial charge in [0.1, 0.15) is 30.2 Å². The molecule has 142 valence electrons. The molecular weight excluding hydrogens is 375 g/mol. The molecule has 11 heteroatoms. The zero-order valence-corrected chi connectivity index (χ0v) is 14.1. The molecule has 0 aliphatic rings. The molecule has 0 radical (unpaired) electrons. The first-order valence-corrected chi connectivity index (χ1v) is 8.09. The highest BCUT2D eigenvalue weighted by atomic mass is 19.3. The molecule has 0 bridgehead atoms. The molecule has 0 fully saturated rings. The first-order valence-electron chi connectivity index (χ1n) is 8.09. The summed E-state index contributed by atoms with van der Waals surface area (Å²) in [7, 11) is 0. The van der Waals surface area contributed by atoms with Crippen LogP contribution >= 0.6 is 0 Å². The molecule has 8 nitrogen and oxygen atoms in total. The summed E-state index contributed by atoms with van der Waals surface area (Å²) in [5.41, 5.74) is 1.03. The zero-order chi connectivity index (χ0) is 19.7. The summed E-state index contributed by atoms with van der Waals surface area (Å²) < 4.78 is 40.7. The number of benzene rings is 1. The van der Waals surface area contributed by atoms with Crippen molar-refractivity contribution < 1.29 is 18.0 Å². The van der Waals surface area contributed by atoms with Gasteiger partial charge in [0.25, 0.3) is 18.1 Å². The number of hydrogen-bond donors (Lipinski definition) is 1. The van der Waals surface area contributed by atoms with Crippen molar-refractivity contribution in [2.24, 2.45) is 0 Å². The van der Waals surface area contributed by atoms with Gasteiger partial charge in [0, 0.05) is 11.6 Å². The number of nitrogens with zero attached hydrogens (tertiary/aromatic N) is 6. The average molecular weight is 387 g/mol. The maximum atomic E-state index is 13.2. The lowest BCUT2D eigenvalue weighted by Gasteiger charge is -2.10. The lowest BCUT2D eigenvalue weighted by molar-refractivity contribution is 0.101. The Morgan fingerprint density at radius 3 is 2.68 bits per heavy atom. The third-order valence-corrected chi connectivity index (χ3v) is 3.89. The van der Waals surface area contributed by atoms with E-state index in [1.54, 1.807) is 0 Å². The molecule has 4 aromatic rings. The van der Waals surface area contributed by atoms with Gasteiger partial charge in [-0.05, 0) is 30.3 Å². The van der Waals surface area contributed by atoms with Crippen LogP contribution in [0, 0.1) is 5.82 Å². The maximum absolute atomic E-state index is 13.2. The minimum absolute atomic E-state index is 0.0756. The maximum Gasteiger partial charge on any atom is 0.275 e. The number of nitrogens with one attached hydrogen (secondary N) is 1. The van der Waals surface area contributed by atoms with Gasteiger partial charge in [-0.3, -0.25) is 4.79 Å². The molecule has 0 spiro atoms. The Morgan fingerprint density at radius 1 is 1.14 bits per heavy atom. The van der Waals surface area contributed by atoms with Gasteiger partial charge in [0.05, 0.1) is 11.9 Å². The lowest BCUT2D eigenvalue weighted by atomic mass is 10.1. The van der Waals surface area contributed by atoms with Crippen LogP contribution in [-0.2, 0) is 6.54 Å². The van der Waals surface area contributed by atoms with Crippen molar-refractivity contribution in [1.82, 2.24) is 29.4 Å². The highest BCUT2D eigenvalue weighted by Gasteiger charge is 2.18. The van der Waals surface area contributed by atoms with Gasteiger partial charge >= 0.3 is 0 Å².